The van der Waals surface area contributed by atoms with Crippen LogP contribution in [0.4, 0.5) is 20.4 Å². The molecule has 0 radical (unpaired) electrons. The Hall–Kier alpha value is -3.77. The van der Waals surface area contributed by atoms with Crippen molar-refractivity contribution in [1.29, 1.82) is 0 Å². The van der Waals surface area contributed by atoms with E-state index in [0.717, 1.165) is 11.6 Å². The fourth-order valence-corrected chi connectivity index (χ4v) is 8.81. The quantitative estimate of drug-likeness (QED) is 0.265. The third kappa shape index (κ3) is 6.15. The van der Waals surface area contributed by atoms with Gasteiger partial charge in [0.15, 0.2) is 5.96 Å². The summed E-state index contributed by atoms with van der Waals surface area (Å²) in [7, 11) is 1.50. The second kappa shape index (κ2) is 13.5. The smallest absolute Gasteiger partial charge is 0.262 e. The Bertz CT molecular complexity index is 1770. The number of fused-ring (bicyclic) bond motifs is 2. The number of anilines is 2. The van der Waals surface area contributed by atoms with E-state index < -0.39 is 6.67 Å². The van der Waals surface area contributed by atoms with Crippen molar-refractivity contribution >= 4 is 28.5 Å². The highest BCUT2D eigenvalue weighted by Gasteiger charge is 2.67. The van der Waals surface area contributed by atoms with Gasteiger partial charge < -0.3 is 29.9 Å². The van der Waals surface area contributed by atoms with Crippen LogP contribution in [0.15, 0.2) is 46.2 Å². The van der Waals surface area contributed by atoms with Gasteiger partial charge in [-0.1, -0.05) is 33.8 Å². The number of aryl methyl sites for hydroxylation is 1. The van der Waals surface area contributed by atoms with Crippen LogP contribution in [0.1, 0.15) is 33.3 Å². The molecular formula is C37H49F2N7O3. The maximum absolute atomic E-state index is 14.8. The zero-order chi connectivity index (χ0) is 34.4. The van der Waals surface area contributed by atoms with Crippen molar-refractivity contribution in [2.45, 2.75) is 52.7 Å². The van der Waals surface area contributed by atoms with Gasteiger partial charge in [-0.2, -0.15) is 0 Å². The number of alkyl halides is 1. The molecule has 3 aromatic rings. The first-order valence-electron chi connectivity index (χ1n) is 17.7. The number of halogens is 2. The highest BCUT2D eigenvalue weighted by atomic mass is 19.1. The standard InChI is InChI=1S/C37H49F2N7O3/c1-22-32-31(23(2)37(32,3)4)33(22)43-35(45-13-11-40-26(20-38)21-45)41-25-7-9-28-30(18-25)42-36(44-14-16-49-17-15-44)46(34(28)47)12-10-24-6-8-27(48-5)19-29(24)39/h6-9,18-19,22-23,26,31-33,40H,10-17,20-21H2,1-5H3,(H,41,43)/t22-,23+,26-,31?,32+,33+/m0/s1. The molecule has 2 aromatic carbocycles. The van der Waals surface area contributed by atoms with Crippen LogP contribution in [-0.2, 0) is 17.7 Å². The van der Waals surface area contributed by atoms with Crippen LogP contribution in [0.5, 0.6) is 5.75 Å². The van der Waals surface area contributed by atoms with Gasteiger partial charge in [0.1, 0.15) is 18.2 Å². The molecule has 4 aliphatic rings. The third-order valence-corrected chi connectivity index (χ3v) is 11.9. The van der Waals surface area contributed by atoms with E-state index in [1.54, 1.807) is 22.8 Å². The molecule has 10 nitrogen and oxygen atoms in total. The number of rotatable bonds is 8. The maximum Gasteiger partial charge on any atom is 0.262 e. The number of guanidine groups is 1. The SMILES string of the molecule is COc1ccc(CCn2c(N3CCOCC3)nc3cc(NC(=N[C@H]4C5[C@@H](C)C(C)(C)[C@@H]5[C@@H]4C)N4CCN[C@@H](CF)C4)ccc3c2=O)c(F)c1. The van der Waals surface area contributed by atoms with Crippen molar-refractivity contribution in [3.05, 3.63) is 58.1 Å². The summed E-state index contributed by atoms with van der Waals surface area (Å²) in [4.78, 5) is 28.7. The largest absolute Gasteiger partial charge is 0.497 e. The molecule has 6 atom stereocenters. The van der Waals surface area contributed by atoms with Crippen LogP contribution in [0.2, 0.25) is 0 Å². The van der Waals surface area contributed by atoms with E-state index in [9.17, 15) is 13.6 Å². The topological polar surface area (TPSA) is 96.2 Å². The average Bonchev–Trinajstić information content (AvgIpc) is 3.11. The lowest BCUT2D eigenvalue weighted by atomic mass is 9.35. The number of hydrogen-bond donors (Lipinski definition) is 2. The highest BCUT2D eigenvalue weighted by Crippen LogP contribution is 2.68. The molecule has 2 saturated carbocycles. The van der Waals surface area contributed by atoms with Gasteiger partial charge in [-0.3, -0.25) is 9.36 Å². The molecule has 3 heterocycles. The maximum atomic E-state index is 14.8. The summed E-state index contributed by atoms with van der Waals surface area (Å²) < 4.78 is 41.1. The monoisotopic (exact) mass is 677 g/mol. The number of hydrogen-bond acceptors (Lipinski definition) is 7. The molecule has 7 rings (SSSR count). The minimum absolute atomic E-state index is 0.176. The molecule has 49 heavy (non-hydrogen) atoms. The lowest BCUT2D eigenvalue weighted by molar-refractivity contribution is -0.208. The molecule has 2 aliphatic carbocycles. The third-order valence-electron chi connectivity index (χ3n) is 11.9. The molecule has 1 unspecified atom stereocenters. The molecule has 0 amide bonds. The number of nitrogens with zero attached hydrogens (tertiary/aromatic N) is 5. The van der Waals surface area contributed by atoms with Crippen LogP contribution in [0.25, 0.3) is 10.9 Å². The Balaban J connectivity index is 1.21. The van der Waals surface area contributed by atoms with Gasteiger partial charge in [0, 0.05) is 51.0 Å². The summed E-state index contributed by atoms with van der Waals surface area (Å²) in [5.41, 5.74) is 1.98. The lowest BCUT2D eigenvalue weighted by Crippen LogP contribution is -2.69. The van der Waals surface area contributed by atoms with Crippen molar-refractivity contribution in [1.82, 2.24) is 19.8 Å². The van der Waals surface area contributed by atoms with Crippen LogP contribution in [0.3, 0.4) is 0 Å². The normalized spacial score (nSPS) is 28.1. The molecule has 12 heteroatoms. The van der Waals surface area contributed by atoms with E-state index in [2.05, 4.69) is 48.1 Å². The first-order valence-corrected chi connectivity index (χ1v) is 17.7. The molecule has 4 fully saturated rings. The predicted molar refractivity (Wildman–Crippen MR) is 189 cm³/mol. The highest BCUT2D eigenvalue weighted by molar-refractivity contribution is 5.96. The van der Waals surface area contributed by atoms with Gasteiger partial charge in [-0.15, -0.1) is 0 Å². The molecular weight excluding hydrogens is 628 g/mol. The number of morpholine rings is 1. The van der Waals surface area contributed by atoms with E-state index >= 15 is 0 Å². The molecule has 0 spiro atoms. The van der Waals surface area contributed by atoms with Gasteiger partial charge >= 0.3 is 0 Å². The summed E-state index contributed by atoms with van der Waals surface area (Å²) in [5, 5.41) is 7.34. The van der Waals surface area contributed by atoms with Crippen molar-refractivity contribution in [3.63, 3.8) is 0 Å². The van der Waals surface area contributed by atoms with Crippen molar-refractivity contribution in [2.75, 3.05) is 69.9 Å². The molecule has 264 valence electrons. The number of piperazine rings is 1. The van der Waals surface area contributed by atoms with Crippen molar-refractivity contribution in [3.8, 4) is 5.75 Å². The van der Waals surface area contributed by atoms with Crippen LogP contribution in [0, 0.1) is 34.9 Å². The van der Waals surface area contributed by atoms with E-state index in [1.807, 2.05) is 12.1 Å². The lowest BCUT2D eigenvalue weighted by Gasteiger charge is -2.70. The van der Waals surface area contributed by atoms with Gasteiger partial charge in [-0.05, 0) is 65.3 Å². The minimum atomic E-state index is -0.443. The minimum Gasteiger partial charge on any atom is -0.497 e. The number of methoxy groups -OCH3 is 1. The average molecular weight is 678 g/mol. The number of nitrogens with one attached hydrogen (secondary N) is 2. The van der Waals surface area contributed by atoms with Gasteiger partial charge in [0.25, 0.3) is 5.56 Å². The fourth-order valence-electron chi connectivity index (χ4n) is 8.81. The Morgan fingerprint density at radius 2 is 1.96 bits per heavy atom. The van der Waals surface area contributed by atoms with Crippen molar-refractivity contribution < 1.29 is 18.3 Å². The fraction of sp³-hybridized carbons (Fsp3) is 0.595. The molecule has 2 saturated heterocycles. The van der Waals surface area contributed by atoms with Crippen LogP contribution in [-0.4, -0.2) is 92.2 Å². The summed E-state index contributed by atoms with van der Waals surface area (Å²) in [6.45, 7) is 13.4. The van der Waals surface area contributed by atoms with Crippen LogP contribution >= 0.6 is 0 Å². The van der Waals surface area contributed by atoms with Gasteiger partial charge in [0.2, 0.25) is 5.95 Å². The van der Waals surface area contributed by atoms with Crippen LogP contribution < -0.4 is 25.8 Å². The van der Waals surface area contributed by atoms with Crippen molar-refractivity contribution in [2.24, 2.45) is 34.1 Å². The molecule has 0 bridgehead atoms. The Morgan fingerprint density at radius 3 is 2.69 bits per heavy atom. The van der Waals surface area contributed by atoms with E-state index in [1.165, 1.54) is 13.2 Å². The first kappa shape index (κ1) is 33.7. The summed E-state index contributed by atoms with van der Waals surface area (Å²) in [6, 6.07) is 10.3. The zero-order valence-electron chi connectivity index (χ0n) is 29.2. The zero-order valence-corrected chi connectivity index (χ0v) is 29.2. The summed E-state index contributed by atoms with van der Waals surface area (Å²) in [5.74, 6) is 3.62. The molecule has 2 N–H and O–H groups in total. The molecule has 2 aliphatic heterocycles. The predicted octanol–water partition coefficient (Wildman–Crippen LogP) is 4.56. The van der Waals surface area contributed by atoms with Gasteiger partial charge in [0.05, 0.1) is 43.3 Å². The second-order valence-electron chi connectivity index (χ2n) is 14.8. The Morgan fingerprint density at radius 1 is 1.16 bits per heavy atom. The Labute approximate surface area is 286 Å². The number of benzene rings is 2. The summed E-state index contributed by atoms with van der Waals surface area (Å²) in [6.07, 6.45) is 0.321. The number of aromatic nitrogens is 2. The van der Waals surface area contributed by atoms with E-state index in [4.69, 9.17) is 19.5 Å². The van der Waals surface area contributed by atoms with E-state index in [-0.39, 0.29) is 30.0 Å². The van der Waals surface area contributed by atoms with Gasteiger partial charge in [-0.25, -0.2) is 18.8 Å². The Kier molecular flexibility index (Phi) is 9.29. The second-order valence-corrected chi connectivity index (χ2v) is 14.8. The molecule has 1 aromatic heterocycles. The van der Waals surface area contributed by atoms with E-state index in [0.29, 0.717) is 110 Å². The number of ether oxygens (including phenoxy) is 2. The summed E-state index contributed by atoms with van der Waals surface area (Å²) >= 11 is 0. The number of aliphatic imine (C=N–C) groups is 1. The first-order chi connectivity index (χ1) is 23.6.